The van der Waals surface area contributed by atoms with Crippen LogP contribution in [0.1, 0.15) is 35.7 Å². The van der Waals surface area contributed by atoms with Gasteiger partial charge in [0.1, 0.15) is 0 Å². The largest absolute Gasteiger partial charge is 0.356 e. The van der Waals surface area contributed by atoms with Crippen LogP contribution in [0, 0.1) is 0 Å². The zero-order chi connectivity index (χ0) is 18.4. The van der Waals surface area contributed by atoms with Gasteiger partial charge in [0.25, 0.3) is 0 Å². The topological polar surface area (TPSA) is 24.1 Å². The molecule has 0 radical (unpaired) electrons. The molecule has 0 saturated carbocycles. The van der Waals surface area contributed by atoms with Crippen molar-refractivity contribution >= 4 is 33.3 Å². The van der Waals surface area contributed by atoms with E-state index >= 15 is 0 Å². The lowest BCUT2D eigenvalue weighted by Crippen LogP contribution is -2.39. The van der Waals surface area contributed by atoms with Crippen LogP contribution in [-0.4, -0.2) is 5.11 Å². The minimum atomic E-state index is 0.00881. The molecular weight excluding hydrogens is 404 g/mol. The Morgan fingerprint density at radius 2 is 1.23 bits per heavy atom. The summed E-state index contributed by atoms with van der Waals surface area (Å²) in [5.74, 6) is 0. The molecule has 2 N–H and O–H groups in total. The molecule has 3 aromatic rings. The second-order valence-electron chi connectivity index (χ2n) is 6.15. The second-order valence-corrected chi connectivity index (χ2v) is 7.47. The highest BCUT2D eigenvalue weighted by atomic mass is 79.9. The average Bonchev–Trinajstić information content (AvgIpc) is 2.68. The van der Waals surface area contributed by atoms with Crippen molar-refractivity contribution in [1.29, 1.82) is 0 Å². The summed E-state index contributed by atoms with van der Waals surface area (Å²) in [5.41, 5.74) is 3.55. The highest BCUT2D eigenvalue weighted by Gasteiger charge is 2.16. The number of benzene rings is 3. The molecule has 0 spiro atoms. The third kappa shape index (κ3) is 4.93. The minimum absolute atomic E-state index is 0.00881. The van der Waals surface area contributed by atoms with Crippen LogP contribution in [0.4, 0.5) is 0 Å². The van der Waals surface area contributed by atoms with E-state index in [0.717, 1.165) is 4.47 Å². The normalized spacial score (nSPS) is 11.8. The minimum Gasteiger partial charge on any atom is -0.356 e. The quantitative estimate of drug-likeness (QED) is 0.508. The molecular formula is C22H21BrN2S. The van der Waals surface area contributed by atoms with Gasteiger partial charge in [-0.3, -0.25) is 0 Å². The summed E-state index contributed by atoms with van der Waals surface area (Å²) < 4.78 is 1.07. The summed E-state index contributed by atoms with van der Waals surface area (Å²) in [6.45, 7) is 2.11. The Bertz CT molecular complexity index is 796. The molecule has 132 valence electrons. The Morgan fingerprint density at radius 1 is 0.731 bits per heavy atom. The fraction of sp³-hybridized carbons (Fsp3) is 0.136. The van der Waals surface area contributed by atoms with Gasteiger partial charge in [-0.25, -0.2) is 0 Å². The van der Waals surface area contributed by atoms with Gasteiger partial charge >= 0.3 is 0 Å². The van der Waals surface area contributed by atoms with E-state index in [2.05, 4.69) is 69.9 Å². The second kappa shape index (κ2) is 8.97. The molecule has 3 rings (SSSR count). The Balaban J connectivity index is 1.74. The van der Waals surface area contributed by atoms with E-state index < -0.39 is 0 Å². The van der Waals surface area contributed by atoms with E-state index in [4.69, 9.17) is 12.2 Å². The lowest BCUT2D eigenvalue weighted by atomic mass is 9.99. The molecule has 0 aromatic heterocycles. The van der Waals surface area contributed by atoms with Crippen molar-refractivity contribution in [3.63, 3.8) is 0 Å². The molecule has 3 aromatic carbocycles. The predicted molar refractivity (Wildman–Crippen MR) is 116 cm³/mol. The van der Waals surface area contributed by atoms with Gasteiger partial charge in [-0.15, -0.1) is 0 Å². The first kappa shape index (κ1) is 18.6. The van der Waals surface area contributed by atoms with Crippen LogP contribution >= 0.6 is 28.1 Å². The Kier molecular flexibility index (Phi) is 6.42. The maximum atomic E-state index is 5.60. The first-order chi connectivity index (χ1) is 12.6. The van der Waals surface area contributed by atoms with Crippen molar-refractivity contribution in [2.75, 3.05) is 0 Å². The van der Waals surface area contributed by atoms with Crippen LogP contribution in [-0.2, 0) is 0 Å². The van der Waals surface area contributed by atoms with Gasteiger partial charge in [-0.1, -0.05) is 88.7 Å². The summed E-state index contributed by atoms with van der Waals surface area (Å²) in [4.78, 5) is 0. The Morgan fingerprint density at radius 3 is 1.73 bits per heavy atom. The number of thiocarbonyl (C=S) groups is 1. The van der Waals surface area contributed by atoms with E-state index in [1.54, 1.807) is 0 Å². The van der Waals surface area contributed by atoms with Crippen molar-refractivity contribution in [3.8, 4) is 0 Å². The fourth-order valence-electron chi connectivity index (χ4n) is 2.85. The molecule has 0 fully saturated rings. The first-order valence-electron chi connectivity index (χ1n) is 8.56. The molecule has 4 heteroatoms. The van der Waals surface area contributed by atoms with Crippen molar-refractivity contribution in [2.45, 2.75) is 19.0 Å². The molecule has 0 heterocycles. The molecule has 2 nitrogen and oxygen atoms in total. The van der Waals surface area contributed by atoms with Crippen LogP contribution in [0.2, 0.25) is 0 Å². The van der Waals surface area contributed by atoms with Crippen molar-refractivity contribution in [1.82, 2.24) is 10.6 Å². The van der Waals surface area contributed by atoms with E-state index in [9.17, 15) is 0 Å². The van der Waals surface area contributed by atoms with Gasteiger partial charge < -0.3 is 10.6 Å². The van der Waals surface area contributed by atoms with Crippen LogP contribution in [0.15, 0.2) is 89.4 Å². The summed E-state index contributed by atoms with van der Waals surface area (Å²) in [6.07, 6.45) is 0. The van der Waals surface area contributed by atoms with Gasteiger partial charge in [-0.05, 0) is 48.0 Å². The van der Waals surface area contributed by atoms with Gasteiger partial charge in [0, 0.05) is 4.47 Å². The standard InChI is InChI=1S/C22H21BrN2S/c1-16(17-12-14-20(23)15-13-17)24-22(26)25-21(18-8-4-2-5-9-18)19-10-6-3-7-11-19/h2-16,21H,1H3,(H2,24,25,26). The molecule has 0 aliphatic rings. The third-order valence-electron chi connectivity index (χ3n) is 4.26. The molecule has 0 aliphatic heterocycles. The zero-order valence-corrected chi connectivity index (χ0v) is 16.9. The zero-order valence-electron chi connectivity index (χ0n) is 14.5. The molecule has 0 aliphatic carbocycles. The van der Waals surface area contributed by atoms with Gasteiger partial charge in [0.15, 0.2) is 5.11 Å². The summed E-state index contributed by atoms with van der Waals surface area (Å²) in [6, 6.07) is 29.1. The lowest BCUT2D eigenvalue weighted by Gasteiger charge is -2.24. The van der Waals surface area contributed by atoms with Crippen LogP contribution in [0.3, 0.4) is 0 Å². The Hall–Kier alpha value is -2.17. The van der Waals surface area contributed by atoms with E-state index in [1.165, 1.54) is 16.7 Å². The summed E-state index contributed by atoms with van der Waals surface area (Å²) >= 11 is 9.07. The van der Waals surface area contributed by atoms with E-state index in [-0.39, 0.29) is 12.1 Å². The smallest absolute Gasteiger partial charge is 0.167 e. The van der Waals surface area contributed by atoms with Gasteiger partial charge in [0.2, 0.25) is 0 Å². The first-order valence-corrected chi connectivity index (χ1v) is 9.76. The fourth-order valence-corrected chi connectivity index (χ4v) is 3.41. The molecule has 1 atom stereocenters. The lowest BCUT2D eigenvalue weighted by molar-refractivity contribution is 0.673. The van der Waals surface area contributed by atoms with Crippen LogP contribution in [0.5, 0.6) is 0 Å². The van der Waals surface area contributed by atoms with Crippen molar-refractivity contribution in [2.24, 2.45) is 0 Å². The van der Waals surface area contributed by atoms with Gasteiger partial charge in [-0.2, -0.15) is 0 Å². The summed E-state index contributed by atoms with van der Waals surface area (Å²) in [5, 5.41) is 7.50. The van der Waals surface area contributed by atoms with Crippen molar-refractivity contribution in [3.05, 3.63) is 106 Å². The number of nitrogens with one attached hydrogen (secondary N) is 2. The molecule has 0 saturated heterocycles. The van der Waals surface area contributed by atoms with E-state index in [0.29, 0.717) is 5.11 Å². The maximum absolute atomic E-state index is 5.60. The molecule has 0 bridgehead atoms. The Labute approximate surface area is 168 Å². The number of halogens is 1. The van der Waals surface area contributed by atoms with Crippen LogP contribution in [0.25, 0.3) is 0 Å². The number of hydrogen-bond donors (Lipinski definition) is 2. The molecule has 0 amide bonds. The summed E-state index contributed by atoms with van der Waals surface area (Å²) in [7, 11) is 0. The molecule has 1 unspecified atom stereocenters. The highest BCUT2D eigenvalue weighted by molar-refractivity contribution is 9.10. The van der Waals surface area contributed by atoms with Crippen molar-refractivity contribution < 1.29 is 0 Å². The predicted octanol–water partition coefficient (Wildman–Crippen LogP) is 5.76. The SMILES string of the molecule is CC(NC(=S)NC(c1ccccc1)c1ccccc1)c1ccc(Br)cc1. The molecule has 26 heavy (non-hydrogen) atoms. The monoisotopic (exact) mass is 424 g/mol. The number of hydrogen-bond acceptors (Lipinski definition) is 1. The van der Waals surface area contributed by atoms with Crippen LogP contribution < -0.4 is 10.6 Å². The maximum Gasteiger partial charge on any atom is 0.167 e. The highest BCUT2D eigenvalue weighted by Crippen LogP contribution is 2.22. The van der Waals surface area contributed by atoms with Gasteiger partial charge in [0.05, 0.1) is 12.1 Å². The van der Waals surface area contributed by atoms with E-state index in [1.807, 2.05) is 48.5 Å². The number of rotatable bonds is 5. The third-order valence-corrected chi connectivity index (χ3v) is 5.02. The average molecular weight is 425 g/mol.